The van der Waals surface area contributed by atoms with Gasteiger partial charge in [-0.3, -0.25) is 9.10 Å². The first-order valence-corrected chi connectivity index (χ1v) is 6.49. The number of rotatable bonds is 4. The monoisotopic (exact) mass is 263 g/mol. The maximum atomic E-state index is 11.4. The van der Waals surface area contributed by atoms with E-state index < -0.39 is 22.5 Å². The first-order chi connectivity index (χ1) is 7.32. The highest BCUT2D eigenvalue weighted by Crippen LogP contribution is 2.26. The SMILES string of the molecule is CS(=O)(=O)N(CC(=O)O)c1ccccc1Cl. The lowest BCUT2D eigenvalue weighted by molar-refractivity contribution is -0.135. The largest absolute Gasteiger partial charge is 0.480 e. The number of sulfonamides is 1. The molecule has 0 atom stereocenters. The molecule has 0 unspecified atom stereocenters. The Morgan fingerprint density at radius 3 is 2.44 bits per heavy atom. The summed E-state index contributed by atoms with van der Waals surface area (Å²) in [6.07, 6.45) is 0.930. The Morgan fingerprint density at radius 2 is 2.00 bits per heavy atom. The van der Waals surface area contributed by atoms with E-state index in [4.69, 9.17) is 16.7 Å². The van der Waals surface area contributed by atoms with Crippen molar-refractivity contribution in [3.63, 3.8) is 0 Å². The molecule has 0 aromatic heterocycles. The maximum Gasteiger partial charge on any atom is 0.324 e. The number of hydrogen-bond donors (Lipinski definition) is 1. The average Bonchev–Trinajstić information content (AvgIpc) is 2.13. The fourth-order valence-corrected chi connectivity index (χ4v) is 2.31. The summed E-state index contributed by atoms with van der Waals surface area (Å²) in [6.45, 7) is -0.650. The molecule has 0 heterocycles. The molecule has 7 heteroatoms. The molecule has 16 heavy (non-hydrogen) atoms. The second-order valence-corrected chi connectivity index (χ2v) is 5.43. The lowest BCUT2D eigenvalue weighted by Crippen LogP contribution is -2.35. The minimum atomic E-state index is -3.67. The van der Waals surface area contributed by atoms with Crippen LogP contribution in [0.2, 0.25) is 5.02 Å². The molecule has 0 bridgehead atoms. The molecule has 0 aliphatic heterocycles. The van der Waals surface area contributed by atoms with Gasteiger partial charge >= 0.3 is 5.97 Å². The molecule has 1 aromatic rings. The standard InChI is InChI=1S/C9H10ClNO4S/c1-16(14,15)11(6-9(12)13)8-5-3-2-4-7(8)10/h2-5H,6H2,1H3,(H,12,13). The number of anilines is 1. The van der Waals surface area contributed by atoms with Gasteiger partial charge in [-0.25, -0.2) is 8.42 Å². The average molecular weight is 264 g/mol. The van der Waals surface area contributed by atoms with Crippen molar-refractivity contribution in [2.45, 2.75) is 0 Å². The summed E-state index contributed by atoms with van der Waals surface area (Å²) in [5.41, 5.74) is 0.161. The highest BCUT2D eigenvalue weighted by molar-refractivity contribution is 7.92. The van der Waals surface area contributed by atoms with Gasteiger partial charge in [0.05, 0.1) is 17.0 Å². The fraction of sp³-hybridized carbons (Fsp3) is 0.222. The van der Waals surface area contributed by atoms with Gasteiger partial charge in [-0.2, -0.15) is 0 Å². The lowest BCUT2D eigenvalue weighted by atomic mass is 10.3. The second kappa shape index (κ2) is 4.71. The van der Waals surface area contributed by atoms with Crippen molar-refractivity contribution in [2.24, 2.45) is 0 Å². The zero-order valence-electron chi connectivity index (χ0n) is 8.42. The number of benzene rings is 1. The Kier molecular flexibility index (Phi) is 3.77. The number of nitrogens with zero attached hydrogens (tertiary/aromatic N) is 1. The topological polar surface area (TPSA) is 74.7 Å². The number of carbonyl (C=O) groups is 1. The molecule has 0 saturated carbocycles. The predicted octanol–water partition coefficient (Wildman–Crippen LogP) is 1.19. The van der Waals surface area contributed by atoms with Gasteiger partial charge in [0.2, 0.25) is 10.0 Å². The number of hydrogen-bond acceptors (Lipinski definition) is 3. The fourth-order valence-electron chi connectivity index (χ4n) is 1.16. The van der Waals surface area contributed by atoms with Gasteiger partial charge in [-0.1, -0.05) is 23.7 Å². The summed E-state index contributed by atoms with van der Waals surface area (Å²) in [5, 5.41) is 8.84. The van der Waals surface area contributed by atoms with Crippen LogP contribution < -0.4 is 4.31 Å². The van der Waals surface area contributed by atoms with E-state index in [-0.39, 0.29) is 10.7 Å². The summed E-state index contributed by atoms with van der Waals surface area (Å²) in [5.74, 6) is -1.25. The van der Waals surface area contributed by atoms with E-state index in [9.17, 15) is 13.2 Å². The summed E-state index contributed by atoms with van der Waals surface area (Å²) in [6, 6.07) is 6.16. The highest BCUT2D eigenvalue weighted by atomic mass is 35.5. The molecule has 0 amide bonds. The van der Waals surface area contributed by atoms with Crippen LogP contribution in [0.4, 0.5) is 5.69 Å². The van der Waals surface area contributed by atoms with Crippen LogP contribution >= 0.6 is 11.6 Å². The molecule has 0 spiro atoms. The first-order valence-electron chi connectivity index (χ1n) is 4.26. The van der Waals surface area contributed by atoms with Crippen molar-refractivity contribution in [1.82, 2.24) is 0 Å². The van der Waals surface area contributed by atoms with Crippen LogP contribution in [0.5, 0.6) is 0 Å². The van der Waals surface area contributed by atoms with Crippen LogP contribution in [0, 0.1) is 0 Å². The van der Waals surface area contributed by atoms with Gasteiger partial charge in [0.15, 0.2) is 0 Å². The van der Waals surface area contributed by atoms with Gasteiger partial charge in [-0.05, 0) is 12.1 Å². The predicted molar refractivity (Wildman–Crippen MR) is 61.3 cm³/mol. The minimum absolute atomic E-state index is 0.161. The van der Waals surface area contributed by atoms with E-state index in [1.807, 2.05) is 0 Å². The first kappa shape index (κ1) is 12.8. The zero-order valence-corrected chi connectivity index (χ0v) is 9.99. The van der Waals surface area contributed by atoms with Crippen molar-refractivity contribution in [3.05, 3.63) is 29.3 Å². The van der Waals surface area contributed by atoms with E-state index in [0.29, 0.717) is 0 Å². The van der Waals surface area contributed by atoms with Crippen molar-refractivity contribution in [1.29, 1.82) is 0 Å². The summed E-state index contributed by atoms with van der Waals surface area (Å²) >= 11 is 5.81. The van der Waals surface area contributed by atoms with Crippen LogP contribution in [0.1, 0.15) is 0 Å². The Labute approximate surface area is 98.3 Å². The molecule has 0 fully saturated rings. The number of halogens is 1. The smallest absolute Gasteiger partial charge is 0.324 e. The quantitative estimate of drug-likeness (QED) is 0.885. The molecule has 0 radical (unpaired) electrons. The van der Waals surface area contributed by atoms with Crippen molar-refractivity contribution in [3.8, 4) is 0 Å². The summed E-state index contributed by atoms with van der Waals surface area (Å²) in [7, 11) is -3.67. The zero-order chi connectivity index (χ0) is 12.3. The van der Waals surface area contributed by atoms with Crippen molar-refractivity contribution >= 4 is 33.3 Å². The lowest BCUT2D eigenvalue weighted by Gasteiger charge is -2.21. The second-order valence-electron chi connectivity index (χ2n) is 3.11. The Morgan fingerprint density at radius 1 is 1.44 bits per heavy atom. The van der Waals surface area contributed by atoms with Crippen LogP contribution in [-0.2, 0) is 14.8 Å². The normalized spacial score (nSPS) is 11.1. The molecule has 0 aliphatic rings. The molecule has 0 saturated heterocycles. The van der Waals surface area contributed by atoms with Gasteiger partial charge in [0, 0.05) is 0 Å². The number of para-hydroxylation sites is 1. The number of carboxylic acid groups (broad SMARTS) is 1. The highest BCUT2D eigenvalue weighted by Gasteiger charge is 2.22. The van der Waals surface area contributed by atoms with Gasteiger partial charge < -0.3 is 5.11 Å². The Bertz CT molecular complexity index is 500. The third-order valence-electron chi connectivity index (χ3n) is 1.80. The van der Waals surface area contributed by atoms with Gasteiger partial charge in [0.25, 0.3) is 0 Å². The van der Waals surface area contributed by atoms with Crippen molar-refractivity contribution < 1.29 is 18.3 Å². The van der Waals surface area contributed by atoms with E-state index in [1.54, 1.807) is 12.1 Å². The third-order valence-corrected chi connectivity index (χ3v) is 3.25. The maximum absolute atomic E-state index is 11.4. The van der Waals surface area contributed by atoms with Crippen LogP contribution in [0.15, 0.2) is 24.3 Å². The molecule has 0 aliphatic carbocycles. The van der Waals surface area contributed by atoms with E-state index in [0.717, 1.165) is 10.6 Å². The molecular weight excluding hydrogens is 254 g/mol. The Balaban J connectivity index is 3.22. The van der Waals surface area contributed by atoms with E-state index in [1.165, 1.54) is 12.1 Å². The molecule has 88 valence electrons. The number of carboxylic acids is 1. The minimum Gasteiger partial charge on any atom is -0.480 e. The molecule has 1 rings (SSSR count). The summed E-state index contributed by atoms with van der Waals surface area (Å²) in [4.78, 5) is 10.6. The summed E-state index contributed by atoms with van der Waals surface area (Å²) < 4.78 is 23.6. The Hall–Kier alpha value is -1.27. The van der Waals surface area contributed by atoms with E-state index in [2.05, 4.69) is 0 Å². The number of aliphatic carboxylic acids is 1. The molecular formula is C9H10ClNO4S. The van der Waals surface area contributed by atoms with Gasteiger partial charge in [0.1, 0.15) is 6.54 Å². The van der Waals surface area contributed by atoms with Gasteiger partial charge in [-0.15, -0.1) is 0 Å². The molecule has 1 aromatic carbocycles. The van der Waals surface area contributed by atoms with Crippen LogP contribution in [0.25, 0.3) is 0 Å². The van der Waals surface area contributed by atoms with Crippen LogP contribution in [0.3, 0.4) is 0 Å². The van der Waals surface area contributed by atoms with E-state index >= 15 is 0 Å². The van der Waals surface area contributed by atoms with Crippen molar-refractivity contribution in [2.75, 3.05) is 17.1 Å². The molecule has 1 N–H and O–H groups in total. The van der Waals surface area contributed by atoms with Crippen LogP contribution in [-0.4, -0.2) is 32.3 Å². The molecule has 5 nitrogen and oxygen atoms in total. The third kappa shape index (κ3) is 3.11.